The number of carbonyl (C=O) groups is 1. The molecular weight excluding hydrogens is 316 g/mol. The summed E-state index contributed by atoms with van der Waals surface area (Å²) in [5.74, 6) is 0.346. The Hall–Kier alpha value is -2.54. The Morgan fingerprint density at radius 3 is 2.22 bits per heavy atom. The Kier molecular flexibility index (Phi) is 5.23. The lowest BCUT2D eigenvalue weighted by atomic mass is 10.2. The molecule has 2 N–H and O–H groups in total. The van der Waals surface area contributed by atoms with Crippen LogP contribution < -0.4 is 14.8 Å². The SMILES string of the molecule is CCOc1ccc(C(=O)Nc2ccccc2NS(C)(=O)=O)cc1. The maximum Gasteiger partial charge on any atom is 0.255 e. The Morgan fingerprint density at radius 1 is 1.04 bits per heavy atom. The molecule has 0 unspecified atom stereocenters. The van der Waals surface area contributed by atoms with E-state index in [4.69, 9.17) is 4.74 Å². The first-order valence-corrected chi connectivity index (χ1v) is 8.89. The molecule has 23 heavy (non-hydrogen) atoms. The van der Waals surface area contributed by atoms with Crippen molar-refractivity contribution in [3.63, 3.8) is 0 Å². The Morgan fingerprint density at radius 2 is 1.65 bits per heavy atom. The van der Waals surface area contributed by atoms with Crippen LogP contribution in [0.25, 0.3) is 0 Å². The number of rotatable bonds is 6. The minimum Gasteiger partial charge on any atom is -0.494 e. The van der Waals surface area contributed by atoms with Crippen LogP contribution in [0.2, 0.25) is 0 Å². The van der Waals surface area contributed by atoms with E-state index in [0.29, 0.717) is 29.3 Å². The fraction of sp³-hybridized carbons (Fsp3) is 0.188. The van der Waals surface area contributed by atoms with Crippen LogP contribution in [-0.2, 0) is 10.0 Å². The normalized spacial score (nSPS) is 10.9. The number of hydrogen-bond acceptors (Lipinski definition) is 4. The molecule has 0 radical (unpaired) electrons. The van der Waals surface area contributed by atoms with Gasteiger partial charge in [0.25, 0.3) is 5.91 Å². The molecular formula is C16H18N2O4S. The molecule has 0 aliphatic heterocycles. The number of nitrogens with one attached hydrogen (secondary N) is 2. The van der Waals surface area contributed by atoms with E-state index < -0.39 is 10.0 Å². The highest BCUT2D eigenvalue weighted by Gasteiger charge is 2.11. The zero-order valence-electron chi connectivity index (χ0n) is 12.9. The summed E-state index contributed by atoms with van der Waals surface area (Å²) in [6.07, 6.45) is 1.05. The number of ether oxygens (including phenoxy) is 1. The van der Waals surface area contributed by atoms with E-state index in [0.717, 1.165) is 6.26 Å². The zero-order chi connectivity index (χ0) is 16.9. The van der Waals surface area contributed by atoms with Crippen LogP contribution in [0.1, 0.15) is 17.3 Å². The van der Waals surface area contributed by atoms with Gasteiger partial charge in [0.2, 0.25) is 10.0 Å². The molecule has 0 aliphatic carbocycles. The Balaban J connectivity index is 2.17. The van der Waals surface area contributed by atoms with Crippen molar-refractivity contribution in [3.8, 4) is 5.75 Å². The van der Waals surface area contributed by atoms with Gasteiger partial charge in [-0.3, -0.25) is 9.52 Å². The molecule has 0 atom stereocenters. The lowest BCUT2D eigenvalue weighted by Crippen LogP contribution is -2.16. The van der Waals surface area contributed by atoms with E-state index in [-0.39, 0.29) is 5.91 Å². The maximum atomic E-state index is 12.3. The molecule has 0 heterocycles. The summed E-state index contributed by atoms with van der Waals surface area (Å²) in [7, 11) is -3.43. The van der Waals surface area contributed by atoms with Crippen molar-refractivity contribution in [2.24, 2.45) is 0 Å². The second-order valence-electron chi connectivity index (χ2n) is 4.83. The topological polar surface area (TPSA) is 84.5 Å². The molecule has 2 aromatic carbocycles. The van der Waals surface area contributed by atoms with E-state index in [1.54, 1.807) is 48.5 Å². The number of amides is 1. The minimum atomic E-state index is -3.43. The third kappa shape index (κ3) is 5.00. The van der Waals surface area contributed by atoms with Gasteiger partial charge in [-0.05, 0) is 43.3 Å². The summed E-state index contributed by atoms with van der Waals surface area (Å²) in [5, 5.41) is 2.69. The van der Waals surface area contributed by atoms with Gasteiger partial charge in [0.1, 0.15) is 5.75 Å². The number of sulfonamides is 1. The van der Waals surface area contributed by atoms with Gasteiger partial charge in [0, 0.05) is 5.56 Å². The highest BCUT2D eigenvalue weighted by molar-refractivity contribution is 7.92. The molecule has 0 spiro atoms. The fourth-order valence-corrected chi connectivity index (χ4v) is 2.52. The van der Waals surface area contributed by atoms with Gasteiger partial charge in [-0.1, -0.05) is 12.1 Å². The number of hydrogen-bond donors (Lipinski definition) is 2. The van der Waals surface area contributed by atoms with Crippen LogP contribution in [0.5, 0.6) is 5.75 Å². The molecule has 0 aliphatic rings. The number of anilines is 2. The van der Waals surface area contributed by atoms with Crippen molar-refractivity contribution in [1.82, 2.24) is 0 Å². The largest absolute Gasteiger partial charge is 0.494 e. The zero-order valence-corrected chi connectivity index (χ0v) is 13.7. The van der Waals surface area contributed by atoms with Crippen LogP contribution in [0, 0.1) is 0 Å². The number of carbonyl (C=O) groups excluding carboxylic acids is 1. The lowest BCUT2D eigenvalue weighted by Gasteiger charge is -2.12. The van der Waals surface area contributed by atoms with Gasteiger partial charge >= 0.3 is 0 Å². The van der Waals surface area contributed by atoms with Crippen molar-refractivity contribution in [1.29, 1.82) is 0 Å². The third-order valence-electron chi connectivity index (χ3n) is 2.90. The number of para-hydroxylation sites is 2. The first kappa shape index (κ1) is 16.8. The molecule has 1 amide bonds. The average molecular weight is 334 g/mol. The third-order valence-corrected chi connectivity index (χ3v) is 3.49. The standard InChI is InChI=1S/C16H18N2O4S/c1-3-22-13-10-8-12(9-11-13)16(19)17-14-6-4-5-7-15(14)18-23(2,20)21/h4-11,18H,3H2,1-2H3,(H,17,19). The van der Waals surface area contributed by atoms with Gasteiger partial charge in [-0.15, -0.1) is 0 Å². The Bertz CT molecular complexity index is 786. The molecule has 0 saturated heterocycles. The van der Waals surface area contributed by atoms with Crippen molar-refractivity contribution in [2.45, 2.75) is 6.92 Å². The molecule has 0 fully saturated rings. The average Bonchev–Trinajstić information content (AvgIpc) is 2.49. The van der Waals surface area contributed by atoms with E-state index in [1.165, 1.54) is 0 Å². The molecule has 0 aromatic heterocycles. The van der Waals surface area contributed by atoms with Crippen LogP contribution >= 0.6 is 0 Å². The van der Waals surface area contributed by atoms with E-state index in [9.17, 15) is 13.2 Å². The quantitative estimate of drug-likeness (QED) is 0.850. The first-order valence-electron chi connectivity index (χ1n) is 7.00. The first-order chi connectivity index (χ1) is 10.9. The fourth-order valence-electron chi connectivity index (χ4n) is 1.94. The summed E-state index contributed by atoms with van der Waals surface area (Å²) in [5.41, 5.74) is 1.15. The summed E-state index contributed by atoms with van der Waals surface area (Å²) in [4.78, 5) is 12.3. The van der Waals surface area contributed by atoms with E-state index in [1.807, 2.05) is 6.92 Å². The summed E-state index contributed by atoms with van der Waals surface area (Å²) in [6.45, 7) is 2.43. The predicted molar refractivity (Wildman–Crippen MR) is 90.5 cm³/mol. The summed E-state index contributed by atoms with van der Waals surface area (Å²) >= 11 is 0. The lowest BCUT2D eigenvalue weighted by molar-refractivity contribution is 0.102. The van der Waals surface area contributed by atoms with E-state index >= 15 is 0 Å². The molecule has 0 bridgehead atoms. The molecule has 2 rings (SSSR count). The van der Waals surface area contributed by atoms with Gasteiger partial charge in [0.15, 0.2) is 0 Å². The molecule has 6 nitrogen and oxygen atoms in total. The maximum absolute atomic E-state index is 12.3. The monoisotopic (exact) mass is 334 g/mol. The van der Waals surface area contributed by atoms with Crippen molar-refractivity contribution in [2.75, 3.05) is 22.9 Å². The Labute approximate surface area is 135 Å². The number of benzene rings is 2. The molecule has 2 aromatic rings. The van der Waals surface area contributed by atoms with Crippen LogP contribution in [0.4, 0.5) is 11.4 Å². The van der Waals surface area contributed by atoms with Gasteiger partial charge in [-0.25, -0.2) is 8.42 Å². The highest BCUT2D eigenvalue weighted by Crippen LogP contribution is 2.23. The summed E-state index contributed by atoms with van der Waals surface area (Å²) in [6, 6.07) is 13.3. The highest BCUT2D eigenvalue weighted by atomic mass is 32.2. The smallest absolute Gasteiger partial charge is 0.255 e. The minimum absolute atomic E-state index is 0.314. The second kappa shape index (κ2) is 7.15. The van der Waals surface area contributed by atoms with E-state index in [2.05, 4.69) is 10.0 Å². The van der Waals surface area contributed by atoms with Crippen molar-refractivity contribution >= 4 is 27.3 Å². The molecule has 7 heteroatoms. The predicted octanol–water partition coefficient (Wildman–Crippen LogP) is 2.71. The van der Waals surface area contributed by atoms with Gasteiger partial charge in [-0.2, -0.15) is 0 Å². The second-order valence-corrected chi connectivity index (χ2v) is 6.58. The summed E-state index contributed by atoms with van der Waals surface area (Å²) < 4.78 is 30.4. The van der Waals surface area contributed by atoms with Crippen LogP contribution in [0.15, 0.2) is 48.5 Å². The molecule has 122 valence electrons. The molecule has 0 saturated carbocycles. The van der Waals surface area contributed by atoms with Gasteiger partial charge < -0.3 is 10.1 Å². The van der Waals surface area contributed by atoms with Gasteiger partial charge in [0.05, 0.1) is 24.2 Å². The van der Waals surface area contributed by atoms with Crippen molar-refractivity contribution in [3.05, 3.63) is 54.1 Å². The van der Waals surface area contributed by atoms with Crippen LogP contribution in [0.3, 0.4) is 0 Å². The van der Waals surface area contributed by atoms with Crippen LogP contribution in [-0.4, -0.2) is 27.2 Å². The van der Waals surface area contributed by atoms with Crippen molar-refractivity contribution < 1.29 is 17.9 Å².